The maximum Gasteiger partial charge on any atom is 0.328 e. The van der Waals surface area contributed by atoms with Crippen molar-refractivity contribution in [3.05, 3.63) is 36.5 Å². The van der Waals surface area contributed by atoms with Crippen molar-refractivity contribution in [1.29, 1.82) is 0 Å². The van der Waals surface area contributed by atoms with Gasteiger partial charge in [-0.25, -0.2) is 4.79 Å². The zero-order valence-corrected chi connectivity index (χ0v) is 28.1. The highest BCUT2D eigenvalue weighted by Gasteiger charge is 2.19. The summed E-state index contributed by atoms with van der Waals surface area (Å²) < 4.78 is 5.80. The van der Waals surface area contributed by atoms with Crippen LogP contribution < -0.4 is 10.6 Å². The van der Waals surface area contributed by atoms with E-state index in [0.717, 1.165) is 83.5 Å². The summed E-state index contributed by atoms with van der Waals surface area (Å²) in [5, 5.41) is 22.4. The fourth-order valence-corrected chi connectivity index (χ4v) is 4.71. The van der Waals surface area contributed by atoms with Crippen molar-refractivity contribution in [2.75, 3.05) is 13.2 Å². The zero-order chi connectivity index (χ0) is 33.4. The van der Waals surface area contributed by atoms with E-state index in [1.54, 1.807) is 0 Å². The summed E-state index contributed by atoms with van der Waals surface area (Å²) in [4.78, 5) is 47.0. The van der Waals surface area contributed by atoms with Crippen molar-refractivity contribution < 1.29 is 34.1 Å². The molecule has 0 aliphatic carbocycles. The molecule has 0 aromatic heterocycles. The number of carbonyl (C=O) groups is 4. The number of aliphatic hydroxyl groups excluding tert-OH is 1. The highest BCUT2D eigenvalue weighted by Crippen LogP contribution is 2.16. The Morgan fingerprint density at radius 3 is 1.91 bits per heavy atom. The SMILES string of the molecule is CC/C=C\C/C=C\C/C=C\CCCCCCCCCC(=O)OC(CCCC)CCCCCC(=O)NCC(=O)NC(CO)C(=O)O. The third kappa shape index (κ3) is 28.3. The monoisotopic (exact) mass is 634 g/mol. The van der Waals surface area contributed by atoms with E-state index in [1.165, 1.54) is 25.7 Å². The molecule has 0 rings (SSSR count). The number of unbranched alkanes of at least 4 members (excludes halogenated alkanes) is 10. The van der Waals surface area contributed by atoms with Crippen LogP contribution in [0.1, 0.15) is 142 Å². The Balaban J connectivity index is 3.91. The molecule has 2 atom stereocenters. The molecule has 0 spiro atoms. The summed E-state index contributed by atoms with van der Waals surface area (Å²) >= 11 is 0. The molecule has 0 bridgehead atoms. The summed E-state index contributed by atoms with van der Waals surface area (Å²) in [5.74, 6) is -2.42. The molecule has 0 heterocycles. The molecule has 0 aliphatic rings. The first-order valence-corrected chi connectivity index (χ1v) is 17.4. The number of esters is 1. The number of ether oxygens (including phenoxy) is 1. The normalized spacial score (nSPS) is 13.0. The number of carboxylic acids is 1. The molecule has 0 aromatic rings. The predicted molar refractivity (Wildman–Crippen MR) is 181 cm³/mol. The lowest BCUT2D eigenvalue weighted by Crippen LogP contribution is -2.47. The summed E-state index contributed by atoms with van der Waals surface area (Å²) in [6.07, 6.45) is 32.3. The lowest BCUT2D eigenvalue weighted by atomic mass is 10.0. The Morgan fingerprint density at radius 2 is 1.27 bits per heavy atom. The zero-order valence-electron chi connectivity index (χ0n) is 28.1. The molecule has 0 saturated heterocycles. The maximum absolute atomic E-state index is 12.4. The van der Waals surface area contributed by atoms with E-state index in [2.05, 4.69) is 60.9 Å². The van der Waals surface area contributed by atoms with E-state index < -0.39 is 24.5 Å². The fourth-order valence-electron chi connectivity index (χ4n) is 4.71. The third-order valence-corrected chi connectivity index (χ3v) is 7.40. The van der Waals surface area contributed by atoms with E-state index in [0.29, 0.717) is 12.8 Å². The van der Waals surface area contributed by atoms with E-state index in [-0.39, 0.29) is 30.9 Å². The molecule has 2 amide bonds. The van der Waals surface area contributed by atoms with Gasteiger partial charge in [0.1, 0.15) is 12.1 Å². The largest absolute Gasteiger partial charge is 0.480 e. The van der Waals surface area contributed by atoms with Crippen molar-refractivity contribution in [1.82, 2.24) is 10.6 Å². The Labute approximate surface area is 272 Å². The Hall–Kier alpha value is -2.94. The van der Waals surface area contributed by atoms with Gasteiger partial charge in [-0.1, -0.05) is 102 Å². The molecule has 0 aliphatic heterocycles. The quantitative estimate of drug-likeness (QED) is 0.0375. The summed E-state index contributed by atoms with van der Waals surface area (Å²) in [6, 6.07) is -1.39. The predicted octanol–water partition coefficient (Wildman–Crippen LogP) is 7.09. The van der Waals surface area contributed by atoms with Crippen molar-refractivity contribution >= 4 is 23.8 Å². The van der Waals surface area contributed by atoms with Crippen LogP contribution in [0.25, 0.3) is 0 Å². The molecule has 9 heteroatoms. The Bertz CT molecular complexity index is 869. The van der Waals surface area contributed by atoms with Crippen LogP contribution in [-0.4, -0.2) is 59.3 Å². The average Bonchev–Trinajstić information content (AvgIpc) is 3.02. The van der Waals surface area contributed by atoms with Gasteiger partial charge in [0.2, 0.25) is 11.8 Å². The average molecular weight is 635 g/mol. The van der Waals surface area contributed by atoms with E-state index in [1.807, 2.05) is 0 Å². The van der Waals surface area contributed by atoms with Crippen molar-refractivity contribution in [3.63, 3.8) is 0 Å². The van der Waals surface area contributed by atoms with Crippen LogP contribution in [0, 0.1) is 0 Å². The smallest absolute Gasteiger partial charge is 0.328 e. The number of rotatable bonds is 30. The fraction of sp³-hybridized carbons (Fsp3) is 0.722. The van der Waals surface area contributed by atoms with Crippen LogP contribution in [-0.2, 0) is 23.9 Å². The van der Waals surface area contributed by atoms with E-state index >= 15 is 0 Å². The topological polar surface area (TPSA) is 142 Å². The van der Waals surface area contributed by atoms with Crippen LogP contribution in [0.2, 0.25) is 0 Å². The molecule has 9 nitrogen and oxygen atoms in total. The lowest BCUT2D eigenvalue weighted by Gasteiger charge is -2.18. The molecule has 0 radical (unpaired) electrons. The minimum atomic E-state index is -1.39. The van der Waals surface area contributed by atoms with Gasteiger partial charge in [-0.2, -0.15) is 0 Å². The van der Waals surface area contributed by atoms with Gasteiger partial charge in [-0.15, -0.1) is 0 Å². The van der Waals surface area contributed by atoms with Gasteiger partial charge in [0, 0.05) is 12.8 Å². The number of hydrogen-bond donors (Lipinski definition) is 4. The van der Waals surface area contributed by atoms with Gasteiger partial charge in [0.05, 0.1) is 13.2 Å². The van der Waals surface area contributed by atoms with Crippen LogP contribution >= 0.6 is 0 Å². The van der Waals surface area contributed by atoms with Gasteiger partial charge in [-0.3, -0.25) is 14.4 Å². The van der Waals surface area contributed by atoms with Gasteiger partial charge in [0.25, 0.3) is 0 Å². The lowest BCUT2D eigenvalue weighted by molar-refractivity contribution is -0.150. The molecular weight excluding hydrogens is 572 g/mol. The molecule has 45 heavy (non-hydrogen) atoms. The number of hydrogen-bond acceptors (Lipinski definition) is 6. The highest BCUT2D eigenvalue weighted by atomic mass is 16.5. The van der Waals surface area contributed by atoms with Gasteiger partial charge < -0.3 is 25.6 Å². The first-order chi connectivity index (χ1) is 21.8. The van der Waals surface area contributed by atoms with Crippen molar-refractivity contribution in [2.24, 2.45) is 0 Å². The molecule has 4 N–H and O–H groups in total. The van der Waals surface area contributed by atoms with Crippen molar-refractivity contribution in [3.8, 4) is 0 Å². The van der Waals surface area contributed by atoms with E-state index in [4.69, 9.17) is 14.9 Å². The number of amides is 2. The van der Waals surface area contributed by atoms with Gasteiger partial charge in [0.15, 0.2) is 0 Å². The second-order valence-electron chi connectivity index (χ2n) is 11.6. The number of nitrogens with one attached hydrogen (secondary N) is 2. The maximum atomic E-state index is 12.4. The molecule has 0 fully saturated rings. The Kier molecular flexibility index (Phi) is 29.0. The van der Waals surface area contributed by atoms with Crippen molar-refractivity contribution in [2.45, 2.75) is 154 Å². The first kappa shape index (κ1) is 42.1. The Morgan fingerprint density at radius 1 is 0.689 bits per heavy atom. The second kappa shape index (κ2) is 31.1. The number of carboxylic acid groups (broad SMARTS) is 1. The second-order valence-corrected chi connectivity index (χ2v) is 11.6. The molecule has 2 unspecified atom stereocenters. The first-order valence-electron chi connectivity index (χ1n) is 17.4. The standard InChI is InChI=1S/C36H62N2O7/c1-3-5-7-8-9-10-11-12-13-14-15-16-17-18-19-20-24-28-35(42)45-31(25-6-4-2)26-22-21-23-27-33(40)37-29-34(41)38-32(30-39)36(43)44/h5,7,9-10,12-13,31-32,39H,3-4,6,8,11,14-30H2,1-2H3,(H,37,40)(H,38,41)(H,43,44)/b7-5-,10-9-,13-12-. The highest BCUT2D eigenvalue weighted by molar-refractivity contribution is 5.87. The van der Waals surface area contributed by atoms with Gasteiger partial charge in [-0.05, 0) is 64.2 Å². The minimum Gasteiger partial charge on any atom is -0.480 e. The van der Waals surface area contributed by atoms with Crippen LogP contribution in [0.3, 0.4) is 0 Å². The summed E-state index contributed by atoms with van der Waals surface area (Å²) in [6.45, 7) is 3.20. The summed E-state index contributed by atoms with van der Waals surface area (Å²) in [7, 11) is 0. The number of aliphatic carboxylic acids is 1. The van der Waals surface area contributed by atoms with E-state index in [9.17, 15) is 19.2 Å². The minimum absolute atomic E-state index is 0.0864. The molecular formula is C36H62N2O7. The number of allylic oxidation sites excluding steroid dienone is 6. The molecule has 0 aromatic carbocycles. The molecule has 258 valence electrons. The number of carbonyl (C=O) groups excluding carboxylic acids is 3. The molecule has 0 saturated carbocycles. The summed E-state index contributed by atoms with van der Waals surface area (Å²) in [5.41, 5.74) is 0. The van der Waals surface area contributed by atoms with Crippen LogP contribution in [0.15, 0.2) is 36.5 Å². The third-order valence-electron chi connectivity index (χ3n) is 7.40. The van der Waals surface area contributed by atoms with Gasteiger partial charge >= 0.3 is 11.9 Å². The van der Waals surface area contributed by atoms with Crippen LogP contribution in [0.4, 0.5) is 0 Å². The van der Waals surface area contributed by atoms with Crippen LogP contribution in [0.5, 0.6) is 0 Å². The number of aliphatic hydroxyl groups is 1.